The van der Waals surface area contributed by atoms with Crippen molar-refractivity contribution >= 4 is 118 Å². The molecule has 0 saturated heterocycles. The van der Waals surface area contributed by atoms with E-state index < -0.39 is 109 Å². The third-order valence-electron chi connectivity index (χ3n) is 7.26. The van der Waals surface area contributed by atoms with Gasteiger partial charge in [0.1, 0.15) is 32.5 Å². The Labute approximate surface area is 356 Å². The average molecular weight is 994 g/mol. The Bertz CT molecular complexity index is 3200. The van der Waals surface area contributed by atoms with Crippen LogP contribution < -0.4 is 20.1 Å². The van der Waals surface area contributed by atoms with E-state index in [-0.39, 0.29) is 34.1 Å². The fourth-order valence-electron chi connectivity index (χ4n) is 4.82. The summed E-state index contributed by atoms with van der Waals surface area (Å²) in [6.45, 7) is 0. The van der Waals surface area contributed by atoms with Crippen molar-refractivity contribution in [3.05, 3.63) is 72.8 Å². The summed E-state index contributed by atoms with van der Waals surface area (Å²) in [7, 11) is -27.9. The molecule has 336 valence electrons. The molecule has 0 bridgehead atoms. The molecule has 4 aromatic carbocycles. The van der Waals surface area contributed by atoms with E-state index in [2.05, 4.69) is 55.5 Å². The average Bonchev–Trinajstić information content (AvgIpc) is 3.11. The van der Waals surface area contributed by atoms with Crippen molar-refractivity contribution in [2.45, 2.75) is 19.6 Å². The Balaban J connectivity index is 1.47. The summed E-state index contributed by atoms with van der Waals surface area (Å²) >= 11 is 0. The summed E-state index contributed by atoms with van der Waals surface area (Å²) in [5.74, 6) is -0.794. The molecular weight excluding hydrogens is 967 g/mol. The predicted octanol–water partition coefficient (Wildman–Crippen LogP) is 3.63. The van der Waals surface area contributed by atoms with E-state index in [1.54, 1.807) is 0 Å². The van der Waals surface area contributed by atoms with Crippen molar-refractivity contribution in [3.63, 3.8) is 0 Å². The van der Waals surface area contributed by atoms with Gasteiger partial charge in [0.05, 0.1) is 33.7 Å². The molecule has 28 nitrogen and oxygen atoms in total. The second-order valence-electron chi connectivity index (χ2n) is 12.3. The number of nitrogens with one attached hydrogen (secondary N) is 4. The minimum Gasteiger partial charge on any atom is -0.479 e. The molecule has 1 aromatic heterocycles. The van der Waals surface area contributed by atoms with Gasteiger partial charge in [-0.3, -0.25) is 27.7 Å². The van der Waals surface area contributed by atoms with Crippen LogP contribution in [0.1, 0.15) is 0 Å². The van der Waals surface area contributed by atoms with Crippen LogP contribution >= 0.6 is 0 Å². The zero-order valence-corrected chi connectivity index (χ0v) is 36.0. The molecule has 9 N–H and O–H groups in total. The van der Waals surface area contributed by atoms with Crippen LogP contribution in [0.4, 0.5) is 57.4 Å². The van der Waals surface area contributed by atoms with Crippen LogP contribution in [-0.2, 0) is 60.5 Å². The second-order valence-corrected chi connectivity index (χ2v) is 21.4. The van der Waals surface area contributed by atoms with Crippen molar-refractivity contribution in [1.29, 1.82) is 0 Å². The fraction of sp³-hybridized carbons (Fsp3) is 0.0690. The monoisotopic (exact) mass is 993 g/mol. The van der Waals surface area contributed by atoms with Crippen molar-refractivity contribution in [2.75, 3.05) is 32.6 Å². The Hall–Kier alpha value is -6.37. The van der Waals surface area contributed by atoms with Gasteiger partial charge in [-0.15, -0.1) is 20.5 Å². The van der Waals surface area contributed by atoms with Crippen LogP contribution in [0.25, 0.3) is 0 Å². The van der Waals surface area contributed by atoms with Crippen LogP contribution in [0.2, 0.25) is 0 Å². The third-order valence-corrected chi connectivity index (χ3v) is 11.9. The van der Waals surface area contributed by atoms with E-state index >= 15 is 0 Å². The molecule has 0 spiro atoms. The van der Waals surface area contributed by atoms with Gasteiger partial charge in [-0.05, 0) is 72.8 Å². The van der Waals surface area contributed by atoms with Gasteiger partial charge in [0, 0.05) is 11.4 Å². The largest absolute Gasteiger partial charge is 0.479 e. The summed E-state index contributed by atoms with van der Waals surface area (Å²) in [5.41, 5.74) is -2.81. The first kappa shape index (κ1) is 47.7. The molecule has 1 heterocycles. The first-order chi connectivity index (χ1) is 28.8. The van der Waals surface area contributed by atoms with Gasteiger partial charge in [-0.25, -0.2) is 16.8 Å². The van der Waals surface area contributed by atoms with Crippen molar-refractivity contribution in [1.82, 2.24) is 15.0 Å². The minimum absolute atomic E-state index is 0.00252. The molecule has 0 saturated carbocycles. The highest BCUT2D eigenvalue weighted by molar-refractivity contribution is 7.92. The minimum atomic E-state index is -5.02. The zero-order chi connectivity index (χ0) is 46.9. The van der Waals surface area contributed by atoms with Crippen molar-refractivity contribution < 1.29 is 73.8 Å². The Morgan fingerprint density at radius 1 is 0.444 bits per heavy atom. The van der Waals surface area contributed by atoms with Crippen LogP contribution in [0, 0.1) is 0 Å². The number of aromatic hydroxyl groups is 1. The number of rotatable bonds is 16. The molecule has 63 heavy (non-hydrogen) atoms. The van der Waals surface area contributed by atoms with Gasteiger partial charge in [-0.2, -0.15) is 48.6 Å². The SMILES string of the molecule is CS(=O)(=O)Nc1cc(Nc2nc(O)nc(Nc3ccc(/N=N/c4cc(S(=O)(=O)O)ccc4S(=O)(=O)O)c(NS(C)(=O)=O)c3)n2)ccc1/N=N/c1cc(S(=O)(=O)O)ccc1S(=O)(=O)O. The molecule has 0 radical (unpaired) electrons. The number of aromatic nitrogens is 3. The Morgan fingerprint density at radius 3 is 1.11 bits per heavy atom. The lowest BCUT2D eigenvalue weighted by molar-refractivity contribution is 0.430. The van der Waals surface area contributed by atoms with E-state index in [1.807, 2.05) is 0 Å². The standard InChI is InChI=1S/C29H27N11O17S6/c1-58(42,43)39-21-11-15(3-7-19(21)35-37-23-13-17(60(46,47)48)5-9-25(23)62(52,53)54)30-27-32-28(34-29(41)33-27)31-16-4-8-20(22(12-16)40-59(2,44)45)36-38-24-14-18(61(49,50)51)6-10-26(24)63(55,56)57/h3-14,39-40H,1-2H3,(H,46,47,48)(H,49,50,51)(H,52,53,54)(H,55,56,57)(H3,30,31,32,33,34,41)/b37-35+,38-36+. The van der Waals surface area contributed by atoms with Gasteiger partial charge in [-0.1, -0.05) is 0 Å². The summed E-state index contributed by atoms with van der Waals surface area (Å²) in [6, 6.07) is 9.80. The van der Waals surface area contributed by atoms with Gasteiger partial charge in [0.25, 0.3) is 40.5 Å². The van der Waals surface area contributed by atoms with Gasteiger partial charge in [0.2, 0.25) is 31.9 Å². The highest BCUT2D eigenvalue weighted by Crippen LogP contribution is 2.36. The summed E-state index contributed by atoms with van der Waals surface area (Å²) in [4.78, 5) is 8.07. The van der Waals surface area contributed by atoms with E-state index in [1.165, 1.54) is 12.1 Å². The lowest BCUT2D eigenvalue weighted by Gasteiger charge is -2.13. The van der Waals surface area contributed by atoms with E-state index in [9.17, 15) is 73.8 Å². The highest BCUT2D eigenvalue weighted by atomic mass is 32.2. The van der Waals surface area contributed by atoms with Crippen LogP contribution in [0.15, 0.2) is 113 Å². The van der Waals surface area contributed by atoms with E-state index in [0.717, 1.165) is 36.8 Å². The molecule has 5 aromatic rings. The summed E-state index contributed by atoms with van der Waals surface area (Å²) in [6.07, 6.45) is 1.53. The summed E-state index contributed by atoms with van der Waals surface area (Å²) in [5, 5.41) is 30.4. The molecule has 0 amide bonds. The normalized spacial score (nSPS) is 13.0. The fourth-order valence-corrected chi connectivity index (χ4v) is 8.16. The van der Waals surface area contributed by atoms with Gasteiger partial charge < -0.3 is 15.7 Å². The van der Waals surface area contributed by atoms with Crippen molar-refractivity contribution in [2.24, 2.45) is 20.5 Å². The number of nitrogens with zero attached hydrogens (tertiary/aromatic N) is 7. The molecule has 34 heteroatoms. The number of anilines is 6. The van der Waals surface area contributed by atoms with Gasteiger partial charge >= 0.3 is 6.01 Å². The molecule has 0 fully saturated rings. The molecule has 0 aliphatic carbocycles. The number of benzene rings is 4. The quantitative estimate of drug-likeness (QED) is 0.0503. The number of azo groups is 2. The summed E-state index contributed by atoms with van der Waals surface area (Å²) < 4.78 is 185. The third kappa shape index (κ3) is 13.3. The maximum Gasteiger partial charge on any atom is 0.320 e. The van der Waals surface area contributed by atoms with Crippen LogP contribution in [0.5, 0.6) is 6.01 Å². The van der Waals surface area contributed by atoms with Crippen LogP contribution in [-0.4, -0.2) is 101 Å². The zero-order valence-electron chi connectivity index (χ0n) is 31.1. The lowest BCUT2D eigenvalue weighted by Crippen LogP contribution is -2.10. The Morgan fingerprint density at radius 2 is 0.794 bits per heavy atom. The predicted molar refractivity (Wildman–Crippen MR) is 218 cm³/mol. The molecular formula is C29H27N11O17S6. The van der Waals surface area contributed by atoms with Crippen molar-refractivity contribution in [3.8, 4) is 6.01 Å². The Kier molecular flexibility index (Phi) is 13.2. The highest BCUT2D eigenvalue weighted by Gasteiger charge is 2.22. The van der Waals surface area contributed by atoms with E-state index in [0.29, 0.717) is 36.4 Å². The molecule has 0 atom stereocenters. The molecule has 0 unspecified atom stereocenters. The number of hydrogen-bond acceptors (Lipinski definition) is 22. The molecule has 0 aliphatic heterocycles. The molecule has 0 aliphatic rings. The number of hydrogen-bond donors (Lipinski definition) is 9. The van der Waals surface area contributed by atoms with Crippen LogP contribution in [0.3, 0.4) is 0 Å². The number of sulfonamides is 2. The van der Waals surface area contributed by atoms with Gasteiger partial charge in [0.15, 0.2) is 0 Å². The maximum absolute atomic E-state index is 12.2. The first-order valence-corrected chi connectivity index (χ1v) is 25.6. The smallest absolute Gasteiger partial charge is 0.320 e. The topological polar surface area (TPSA) is 442 Å². The van der Waals surface area contributed by atoms with E-state index in [4.69, 9.17) is 0 Å². The molecule has 5 rings (SSSR count). The lowest BCUT2D eigenvalue weighted by atomic mass is 10.2. The second kappa shape index (κ2) is 17.4. The maximum atomic E-state index is 12.2. The first-order valence-electron chi connectivity index (χ1n) is 16.1.